The lowest BCUT2D eigenvalue weighted by molar-refractivity contribution is 0.0697. The Kier molecular flexibility index (Phi) is 3.34. The van der Waals surface area contributed by atoms with Crippen molar-refractivity contribution in [2.75, 3.05) is 0 Å². The molecule has 0 fully saturated rings. The summed E-state index contributed by atoms with van der Waals surface area (Å²) < 4.78 is 0. The average Bonchev–Trinajstić information content (AvgIpc) is 2.27. The normalized spacial score (nSPS) is 10.4. The Morgan fingerprint density at radius 1 is 1.22 bits per heavy atom. The zero-order valence-electron chi connectivity index (χ0n) is 10.1. The van der Waals surface area contributed by atoms with Gasteiger partial charge in [-0.3, -0.25) is 0 Å². The molecular weight excluding hydrogens is 250 g/mol. The van der Waals surface area contributed by atoms with Crippen LogP contribution in [0.5, 0.6) is 0 Å². The van der Waals surface area contributed by atoms with E-state index >= 15 is 0 Å². The highest BCUT2D eigenvalue weighted by Gasteiger charge is 2.10. The highest BCUT2D eigenvalue weighted by Crippen LogP contribution is 2.25. The van der Waals surface area contributed by atoms with Crippen LogP contribution in [0.2, 0.25) is 5.15 Å². The molecule has 0 atom stereocenters. The summed E-state index contributed by atoms with van der Waals surface area (Å²) in [4.78, 5) is 15.2. The van der Waals surface area contributed by atoms with Crippen LogP contribution >= 0.6 is 11.6 Å². The minimum atomic E-state index is -1.01. The van der Waals surface area contributed by atoms with Gasteiger partial charge < -0.3 is 5.11 Å². The van der Waals surface area contributed by atoms with Gasteiger partial charge in [0.25, 0.3) is 0 Å². The van der Waals surface area contributed by atoms with Crippen molar-refractivity contribution in [3.63, 3.8) is 0 Å². The van der Waals surface area contributed by atoms with E-state index in [1.807, 2.05) is 32.0 Å². The first kappa shape index (κ1) is 12.6. The molecule has 1 aromatic carbocycles. The molecule has 0 radical (unpaired) electrons. The number of carboxylic acid groups (broad SMARTS) is 1. The number of carbonyl (C=O) groups is 1. The van der Waals surface area contributed by atoms with Crippen molar-refractivity contribution in [3.8, 4) is 11.3 Å². The van der Waals surface area contributed by atoms with E-state index in [4.69, 9.17) is 16.7 Å². The SMILES string of the molecule is Cc1ccc(-c2cc(C(=O)O)cc(Cl)n2)c(C)c1. The molecular formula is C14H12ClNO2. The number of aromatic nitrogens is 1. The van der Waals surface area contributed by atoms with Crippen LogP contribution in [0.3, 0.4) is 0 Å². The van der Waals surface area contributed by atoms with Crippen LogP contribution in [-0.2, 0) is 0 Å². The van der Waals surface area contributed by atoms with Gasteiger partial charge >= 0.3 is 5.97 Å². The summed E-state index contributed by atoms with van der Waals surface area (Å²) in [6.45, 7) is 3.97. The topological polar surface area (TPSA) is 50.2 Å². The summed E-state index contributed by atoms with van der Waals surface area (Å²) in [6, 6.07) is 8.79. The molecule has 3 nitrogen and oxygen atoms in total. The van der Waals surface area contributed by atoms with Crippen LogP contribution in [0.15, 0.2) is 30.3 Å². The van der Waals surface area contributed by atoms with Crippen molar-refractivity contribution in [1.82, 2.24) is 4.98 Å². The molecule has 0 aliphatic heterocycles. The fraction of sp³-hybridized carbons (Fsp3) is 0.143. The van der Waals surface area contributed by atoms with E-state index in [-0.39, 0.29) is 10.7 Å². The fourth-order valence-electron chi connectivity index (χ4n) is 1.86. The first-order chi connectivity index (χ1) is 8.47. The molecule has 2 aromatic rings. The molecule has 4 heteroatoms. The van der Waals surface area contributed by atoms with Crippen molar-refractivity contribution < 1.29 is 9.90 Å². The molecule has 1 heterocycles. The number of hydrogen-bond acceptors (Lipinski definition) is 2. The third-order valence-electron chi connectivity index (χ3n) is 2.70. The number of benzene rings is 1. The van der Waals surface area contributed by atoms with Gasteiger partial charge in [0.15, 0.2) is 0 Å². The molecule has 92 valence electrons. The van der Waals surface area contributed by atoms with Gasteiger partial charge in [0.2, 0.25) is 0 Å². The second kappa shape index (κ2) is 4.78. The maximum atomic E-state index is 11.0. The molecule has 0 unspecified atom stereocenters. The Bertz CT molecular complexity index is 623. The zero-order valence-corrected chi connectivity index (χ0v) is 10.8. The van der Waals surface area contributed by atoms with Crippen LogP contribution in [0.4, 0.5) is 0 Å². The summed E-state index contributed by atoms with van der Waals surface area (Å²) >= 11 is 5.85. The summed E-state index contributed by atoms with van der Waals surface area (Å²) in [5.74, 6) is -1.01. The maximum Gasteiger partial charge on any atom is 0.335 e. The van der Waals surface area contributed by atoms with E-state index in [1.54, 1.807) is 0 Å². The Morgan fingerprint density at radius 3 is 2.56 bits per heavy atom. The third-order valence-corrected chi connectivity index (χ3v) is 2.89. The average molecular weight is 262 g/mol. The first-order valence-electron chi connectivity index (χ1n) is 5.46. The zero-order chi connectivity index (χ0) is 13.3. The molecule has 0 aliphatic rings. The number of nitrogens with zero attached hydrogens (tertiary/aromatic N) is 1. The Hall–Kier alpha value is -1.87. The number of halogens is 1. The van der Waals surface area contributed by atoms with E-state index < -0.39 is 5.97 Å². The molecule has 0 amide bonds. The number of rotatable bonds is 2. The van der Waals surface area contributed by atoms with E-state index in [0.29, 0.717) is 5.69 Å². The summed E-state index contributed by atoms with van der Waals surface area (Å²) in [7, 11) is 0. The lowest BCUT2D eigenvalue weighted by atomic mass is 10.0. The van der Waals surface area contributed by atoms with Crippen molar-refractivity contribution >= 4 is 17.6 Å². The molecule has 18 heavy (non-hydrogen) atoms. The number of pyridine rings is 1. The number of carboxylic acids is 1. The molecule has 0 bridgehead atoms. The van der Waals surface area contributed by atoms with Crippen molar-refractivity contribution in [2.45, 2.75) is 13.8 Å². The minimum absolute atomic E-state index is 0.143. The first-order valence-corrected chi connectivity index (χ1v) is 5.83. The third kappa shape index (κ3) is 2.51. The van der Waals surface area contributed by atoms with Gasteiger partial charge in [0.05, 0.1) is 11.3 Å². The van der Waals surface area contributed by atoms with Crippen molar-refractivity contribution in [3.05, 3.63) is 52.2 Å². The second-order valence-electron chi connectivity index (χ2n) is 4.19. The predicted octanol–water partition coefficient (Wildman–Crippen LogP) is 3.72. The summed E-state index contributed by atoms with van der Waals surface area (Å²) in [5.41, 5.74) is 3.81. The Morgan fingerprint density at radius 2 is 1.94 bits per heavy atom. The number of aromatic carboxylic acids is 1. The van der Waals surface area contributed by atoms with Crippen molar-refractivity contribution in [2.24, 2.45) is 0 Å². The monoisotopic (exact) mass is 261 g/mol. The Labute approximate surface area is 110 Å². The molecule has 2 rings (SSSR count). The number of hydrogen-bond donors (Lipinski definition) is 1. The second-order valence-corrected chi connectivity index (χ2v) is 4.57. The van der Waals surface area contributed by atoms with E-state index in [1.165, 1.54) is 12.1 Å². The fourth-order valence-corrected chi connectivity index (χ4v) is 2.07. The van der Waals surface area contributed by atoms with E-state index in [9.17, 15) is 4.79 Å². The van der Waals surface area contributed by atoms with Gasteiger partial charge in [0, 0.05) is 5.56 Å². The number of aryl methyl sites for hydroxylation is 2. The van der Waals surface area contributed by atoms with Crippen LogP contribution in [0, 0.1) is 13.8 Å². The molecule has 1 aromatic heterocycles. The summed E-state index contributed by atoms with van der Waals surface area (Å²) in [5, 5.41) is 9.19. The van der Waals surface area contributed by atoms with Gasteiger partial charge in [-0.05, 0) is 31.5 Å². The molecule has 0 saturated carbocycles. The van der Waals surface area contributed by atoms with Gasteiger partial charge in [-0.25, -0.2) is 9.78 Å². The van der Waals surface area contributed by atoms with Crippen LogP contribution in [0.1, 0.15) is 21.5 Å². The van der Waals surface area contributed by atoms with Gasteiger partial charge in [-0.15, -0.1) is 0 Å². The largest absolute Gasteiger partial charge is 0.478 e. The van der Waals surface area contributed by atoms with Crippen molar-refractivity contribution in [1.29, 1.82) is 0 Å². The van der Waals surface area contributed by atoms with Crippen LogP contribution in [-0.4, -0.2) is 16.1 Å². The van der Waals surface area contributed by atoms with Crippen LogP contribution in [0.25, 0.3) is 11.3 Å². The standard InChI is InChI=1S/C14H12ClNO2/c1-8-3-4-11(9(2)5-8)12-6-10(14(17)18)7-13(15)16-12/h3-7H,1-2H3,(H,17,18). The molecule has 1 N–H and O–H groups in total. The van der Waals surface area contributed by atoms with Gasteiger partial charge in [-0.1, -0.05) is 35.4 Å². The summed E-state index contributed by atoms with van der Waals surface area (Å²) in [6.07, 6.45) is 0. The smallest absolute Gasteiger partial charge is 0.335 e. The lowest BCUT2D eigenvalue weighted by Gasteiger charge is -2.07. The predicted molar refractivity (Wildman–Crippen MR) is 71.1 cm³/mol. The minimum Gasteiger partial charge on any atom is -0.478 e. The highest BCUT2D eigenvalue weighted by molar-refractivity contribution is 6.29. The Balaban J connectivity index is 2.60. The van der Waals surface area contributed by atoms with Crippen LogP contribution < -0.4 is 0 Å². The quantitative estimate of drug-likeness (QED) is 0.839. The molecule has 0 saturated heterocycles. The van der Waals surface area contributed by atoms with E-state index in [2.05, 4.69) is 4.98 Å². The molecule has 0 spiro atoms. The van der Waals surface area contributed by atoms with Gasteiger partial charge in [0.1, 0.15) is 5.15 Å². The highest BCUT2D eigenvalue weighted by atomic mass is 35.5. The lowest BCUT2D eigenvalue weighted by Crippen LogP contribution is -1.99. The van der Waals surface area contributed by atoms with Gasteiger partial charge in [-0.2, -0.15) is 0 Å². The molecule has 0 aliphatic carbocycles. The van der Waals surface area contributed by atoms with E-state index in [0.717, 1.165) is 16.7 Å². The maximum absolute atomic E-state index is 11.0.